The lowest BCUT2D eigenvalue weighted by Gasteiger charge is -2.27. The summed E-state index contributed by atoms with van der Waals surface area (Å²) in [4.78, 5) is 15.2. The van der Waals surface area contributed by atoms with Crippen molar-refractivity contribution in [1.29, 1.82) is 0 Å². The highest BCUT2D eigenvalue weighted by Gasteiger charge is 2.35. The summed E-state index contributed by atoms with van der Waals surface area (Å²) in [6.07, 6.45) is 1.93. The number of carbonyl (C=O) groups excluding carboxylic acids is 1. The normalized spacial score (nSPS) is 20.5. The van der Waals surface area contributed by atoms with Gasteiger partial charge < -0.3 is 9.32 Å². The van der Waals surface area contributed by atoms with E-state index in [0.29, 0.717) is 13.0 Å². The Morgan fingerprint density at radius 2 is 2.24 bits per heavy atom. The van der Waals surface area contributed by atoms with Gasteiger partial charge in [0.15, 0.2) is 15.6 Å². The third-order valence-electron chi connectivity index (χ3n) is 3.55. The van der Waals surface area contributed by atoms with Crippen molar-refractivity contribution in [3.05, 3.63) is 46.5 Å². The monoisotopic (exact) mass is 325 g/mol. The highest BCUT2D eigenvalue weighted by molar-refractivity contribution is 7.91. The van der Waals surface area contributed by atoms with Gasteiger partial charge in [-0.2, -0.15) is 0 Å². The van der Waals surface area contributed by atoms with Gasteiger partial charge in [-0.3, -0.25) is 4.79 Å². The lowest BCUT2D eigenvalue weighted by atomic mass is 10.2. The van der Waals surface area contributed by atoms with E-state index in [1.54, 1.807) is 28.4 Å². The maximum atomic E-state index is 12.6. The molecule has 3 rings (SSSR count). The molecule has 3 heterocycles. The number of rotatable bonds is 4. The molecular weight excluding hydrogens is 310 g/mol. The molecule has 7 heteroatoms. The minimum Gasteiger partial charge on any atom is -0.459 e. The summed E-state index contributed by atoms with van der Waals surface area (Å²) in [5.41, 5.74) is 0. The first-order chi connectivity index (χ1) is 10.1. The first-order valence-corrected chi connectivity index (χ1v) is 9.32. The molecule has 21 heavy (non-hydrogen) atoms. The van der Waals surface area contributed by atoms with Crippen LogP contribution in [0.3, 0.4) is 0 Å². The van der Waals surface area contributed by atoms with Crippen LogP contribution in [0.15, 0.2) is 40.3 Å². The topological polar surface area (TPSA) is 67.6 Å². The highest BCUT2D eigenvalue weighted by Crippen LogP contribution is 2.23. The van der Waals surface area contributed by atoms with Gasteiger partial charge >= 0.3 is 0 Å². The Labute approximate surface area is 127 Å². The van der Waals surface area contributed by atoms with Gasteiger partial charge in [-0.05, 0) is 30.0 Å². The van der Waals surface area contributed by atoms with E-state index in [1.165, 1.54) is 6.26 Å². The Morgan fingerprint density at radius 3 is 2.81 bits per heavy atom. The second-order valence-corrected chi connectivity index (χ2v) is 8.31. The standard InChI is InChI=1S/C14H15NO4S2/c16-14(13-4-1-6-19-13)15(9-12-3-2-7-20-12)11-5-8-21(17,18)10-11/h1-4,6-7,11H,5,8-10H2/t11-/m0/s1. The number of hydrogen-bond acceptors (Lipinski definition) is 5. The van der Waals surface area contributed by atoms with Gasteiger partial charge in [0, 0.05) is 10.9 Å². The first kappa shape index (κ1) is 14.3. The zero-order valence-corrected chi connectivity index (χ0v) is 12.9. The van der Waals surface area contributed by atoms with Gasteiger partial charge in [-0.1, -0.05) is 6.07 Å². The van der Waals surface area contributed by atoms with Crippen LogP contribution in [-0.2, 0) is 16.4 Å². The molecule has 1 atom stereocenters. The largest absolute Gasteiger partial charge is 0.459 e. The third-order valence-corrected chi connectivity index (χ3v) is 6.16. The van der Waals surface area contributed by atoms with Crippen molar-refractivity contribution in [1.82, 2.24) is 4.90 Å². The molecule has 0 N–H and O–H groups in total. The Balaban J connectivity index is 1.86. The van der Waals surface area contributed by atoms with Gasteiger partial charge in [-0.25, -0.2) is 8.42 Å². The molecule has 1 aliphatic heterocycles. The molecule has 2 aromatic rings. The van der Waals surface area contributed by atoms with Crippen molar-refractivity contribution in [2.75, 3.05) is 11.5 Å². The van der Waals surface area contributed by atoms with E-state index in [9.17, 15) is 13.2 Å². The maximum Gasteiger partial charge on any atom is 0.290 e. The van der Waals surface area contributed by atoms with Crippen molar-refractivity contribution in [3.8, 4) is 0 Å². The number of hydrogen-bond donors (Lipinski definition) is 0. The molecule has 112 valence electrons. The molecule has 0 aromatic carbocycles. The van der Waals surface area contributed by atoms with Crippen LogP contribution in [0.25, 0.3) is 0 Å². The van der Waals surface area contributed by atoms with E-state index in [-0.39, 0.29) is 29.2 Å². The minimum absolute atomic E-state index is 0.0326. The van der Waals surface area contributed by atoms with Crippen LogP contribution in [0, 0.1) is 0 Å². The number of amides is 1. The van der Waals surface area contributed by atoms with Gasteiger partial charge in [0.05, 0.1) is 24.3 Å². The Bertz CT molecular complexity index is 704. The Hall–Kier alpha value is -1.60. The molecule has 0 saturated carbocycles. The van der Waals surface area contributed by atoms with Gasteiger partial charge in [0.1, 0.15) is 0 Å². The molecule has 1 fully saturated rings. The quantitative estimate of drug-likeness (QED) is 0.864. The van der Waals surface area contributed by atoms with Crippen LogP contribution in [-0.4, -0.2) is 36.8 Å². The second-order valence-electron chi connectivity index (χ2n) is 5.05. The number of sulfone groups is 1. The predicted molar refractivity (Wildman–Crippen MR) is 80.0 cm³/mol. The number of thiophene rings is 1. The molecule has 0 aliphatic carbocycles. The molecule has 0 unspecified atom stereocenters. The van der Waals surface area contributed by atoms with E-state index in [1.807, 2.05) is 17.5 Å². The Kier molecular flexibility index (Phi) is 3.86. The lowest BCUT2D eigenvalue weighted by molar-refractivity contribution is 0.0650. The van der Waals surface area contributed by atoms with Crippen molar-refractivity contribution < 1.29 is 17.6 Å². The van der Waals surface area contributed by atoms with Crippen molar-refractivity contribution in [2.45, 2.75) is 19.0 Å². The zero-order chi connectivity index (χ0) is 14.9. The molecule has 2 aromatic heterocycles. The summed E-state index contributed by atoms with van der Waals surface area (Å²) in [5.74, 6) is 0.167. The maximum absolute atomic E-state index is 12.6. The number of nitrogens with zero attached hydrogens (tertiary/aromatic N) is 1. The third kappa shape index (κ3) is 3.19. The summed E-state index contributed by atoms with van der Waals surface area (Å²) in [7, 11) is -3.04. The molecule has 0 bridgehead atoms. The van der Waals surface area contributed by atoms with Crippen LogP contribution in [0.4, 0.5) is 0 Å². The Morgan fingerprint density at radius 1 is 1.38 bits per heavy atom. The van der Waals surface area contributed by atoms with Crippen LogP contribution < -0.4 is 0 Å². The van der Waals surface area contributed by atoms with Gasteiger partial charge in [0.2, 0.25) is 0 Å². The van der Waals surface area contributed by atoms with E-state index in [4.69, 9.17) is 4.42 Å². The average Bonchev–Trinajstić information content (AvgIpc) is 3.16. The van der Waals surface area contributed by atoms with Crippen LogP contribution in [0.1, 0.15) is 21.9 Å². The first-order valence-electron chi connectivity index (χ1n) is 6.62. The smallest absolute Gasteiger partial charge is 0.290 e. The van der Waals surface area contributed by atoms with Crippen molar-refractivity contribution >= 4 is 27.1 Å². The van der Waals surface area contributed by atoms with E-state index >= 15 is 0 Å². The van der Waals surface area contributed by atoms with Crippen molar-refractivity contribution in [3.63, 3.8) is 0 Å². The lowest BCUT2D eigenvalue weighted by Crippen LogP contribution is -2.40. The van der Waals surface area contributed by atoms with Crippen LogP contribution in [0.2, 0.25) is 0 Å². The molecule has 5 nitrogen and oxygen atoms in total. The predicted octanol–water partition coefficient (Wildman–Crippen LogP) is 2.17. The fraction of sp³-hybridized carbons (Fsp3) is 0.357. The van der Waals surface area contributed by atoms with E-state index in [0.717, 1.165) is 4.88 Å². The van der Waals surface area contributed by atoms with Gasteiger partial charge in [-0.15, -0.1) is 11.3 Å². The molecule has 1 aliphatic rings. The minimum atomic E-state index is -3.04. The van der Waals surface area contributed by atoms with Gasteiger partial charge in [0.25, 0.3) is 5.91 Å². The molecule has 1 saturated heterocycles. The van der Waals surface area contributed by atoms with E-state index in [2.05, 4.69) is 0 Å². The molecule has 1 amide bonds. The molecule has 0 radical (unpaired) electrons. The fourth-order valence-corrected chi connectivity index (χ4v) is 4.93. The summed E-state index contributed by atoms with van der Waals surface area (Å²) in [6, 6.07) is 6.84. The molecular formula is C14H15NO4S2. The highest BCUT2D eigenvalue weighted by atomic mass is 32.2. The SMILES string of the molecule is O=C(c1ccco1)N(Cc1cccs1)[C@H]1CCS(=O)(=O)C1. The number of carbonyl (C=O) groups is 1. The molecule has 0 spiro atoms. The zero-order valence-electron chi connectivity index (χ0n) is 11.3. The fourth-order valence-electron chi connectivity index (χ4n) is 2.50. The second kappa shape index (κ2) is 5.65. The van der Waals surface area contributed by atoms with E-state index < -0.39 is 9.84 Å². The van der Waals surface area contributed by atoms with Crippen LogP contribution >= 0.6 is 11.3 Å². The summed E-state index contributed by atoms with van der Waals surface area (Å²) >= 11 is 1.55. The summed E-state index contributed by atoms with van der Waals surface area (Å²) < 4.78 is 28.6. The summed E-state index contributed by atoms with van der Waals surface area (Å²) in [6.45, 7) is 0.414. The number of furan rings is 1. The van der Waals surface area contributed by atoms with Crippen LogP contribution in [0.5, 0.6) is 0 Å². The average molecular weight is 325 g/mol. The summed E-state index contributed by atoms with van der Waals surface area (Å²) in [5, 5.41) is 1.94. The van der Waals surface area contributed by atoms with Crippen molar-refractivity contribution in [2.24, 2.45) is 0 Å².